The first-order valence-corrected chi connectivity index (χ1v) is 11.9. The number of rotatable bonds is 5. The number of aromatic nitrogens is 3. The SMILES string of the molecule is C[C@H](C(=O)N1CCN(c2ccnc3[nH]cc(NC(=O)c4cccnc4)c23)CC1)c1ccc(Cl)cc1. The lowest BCUT2D eigenvalue weighted by atomic mass is 9.99. The molecule has 0 aliphatic carbocycles. The largest absolute Gasteiger partial charge is 0.367 e. The third kappa shape index (κ3) is 4.70. The summed E-state index contributed by atoms with van der Waals surface area (Å²) in [5, 5.41) is 4.48. The molecule has 0 saturated carbocycles. The molecular formula is C26H25ClN6O2. The molecule has 2 amide bonds. The molecule has 9 heteroatoms. The van der Waals surface area contributed by atoms with Crippen molar-refractivity contribution in [2.75, 3.05) is 36.4 Å². The standard InChI is InChI=1S/C26H25ClN6O2/c1-17(18-4-6-20(27)7-5-18)26(35)33-13-11-32(12-14-33)22-8-10-29-24-23(22)21(16-30-24)31-25(34)19-3-2-9-28-15-19/h2-10,15-17H,11-14H2,1H3,(H,29,30)(H,31,34)/t17-/m0/s1. The van der Waals surface area contributed by atoms with Gasteiger partial charge in [0, 0.05) is 56.0 Å². The third-order valence-electron chi connectivity index (χ3n) is 6.40. The highest BCUT2D eigenvalue weighted by Crippen LogP contribution is 2.33. The van der Waals surface area contributed by atoms with Crippen molar-refractivity contribution in [3.63, 3.8) is 0 Å². The van der Waals surface area contributed by atoms with E-state index in [1.54, 1.807) is 30.7 Å². The minimum Gasteiger partial charge on any atom is -0.367 e. The number of hydrogen-bond donors (Lipinski definition) is 2. The number of carbonyl (C=O) groups is 2. The van der Waals surface area contributed by atoms with Crippen molar-refractivity contribution >= 4 is 45.8 Å². The lowest BCUT2D eigenvalue weighted by Crippen LogP contribution is -2.49. The molecule has 5 rings (SSSR count). The predicted octanol–water partition coefficient (Wildman–Crippen LogP) is 4.32. The maximum atomic E-state index is 13.1. The molecule has 8 nitrogen and oxygen atoms in total. The van der Waals surface area contributed by atoms with Crippen LogP contribution < -0.4 is 10.2 Å². The molecule has 0 radical (unpaired) electrons. The Bertz CT molecular complexity index is 1350. The van der Waals surface area contributed by atoms with Gasteiger partial charge in [0.05, 0.1) is 28.2 Å². The lowest BCUT2D eigenvalue weighted by molar-refractivity contribution is -0.132. The zero-order valence-electron chi connectivity index (χ0n) is 19.2. The van der Waals surface area contributed by atoms with Gasteiger partial charge in [-0.2, -0.15) is 0 Å². The van der Waals surface area contributed by atoms with E-state index in [1.165, 1.54) is 6.20 Å². The number of benzene rings is 1. The molecule has 4 aromatic rings. The fraction of sp³-hybridized carbons (Fsp3) is 0.231. The summed E-state index contributed by atoms with van der Waals surface area (Å²) in [4.78, 5) is 41.6. The second kappa shape index (κ2) is 9.76. The van der Waals surface area contributed by atoms with Crippen LogP contribution in [0.2, 0.25) is 5.02 Å². The van der Waals surface area contributed by atoms with Gasteiger partial charge < -0.3 is 20.1 Å². The van der Waals surface area contributed by atoms with E-state index in [-0.39, 0.29) is 17.7 Å². The number of amides is 2. The van der Waals surface area contributed by atoms with Gasteiger partial charge in [-0.3, -0.25) is 14.6 Å². The van der Waals surface area contributed by atoms with Crippen LogP contribution >= 0.6 is 11.6 Å². The zero-order valence-corrected chi connectivity index (χ0v) is 20.0. The number of fused-ring (bicyclic) bond motifs is 1. The smallest absolute Gasteiger partial charge is 0.257 e. The quantitative estimate of drug-likeness (QED) is 0.436. The van der Waals surface area contributed by atoms with Crippen LogP contribution in [-0.4, -0.2) is 57.8 Å². The number of halogens is 1. The summed E-state index contributed by atoms with van der Waals surface area (Å²) in [5.74, 6) is -0.358. The maximum Gasteiger partial charge on any atom is 0.257 e. The number of hydrogen-bond acceptors (Lipinski definition) is 5. The first kappa shape index (κ1) is 22.9. The van der Waals surface area contributed by atoms with Crippen LogP contribution in [-0.2, 0) is 4.79 Å². The van der Waals surface area contributed by atoms with Gasteiger partial charge >= 0.3 is 0 Å². The molecule has 35 heavy (non-hydrogen) atoms. The number of carbonyl (C=O) groups excluding carboxylic acids is 2. The van der Waals surface area contributed by atoms with Gasteiger partial charge in [-0.1, -0.05) is 23.7 Å². The fourth-order valence-corrected chi connectivity index (χ4v) is 4.55. The molecule has 1 atom stereocenters. The predicted molar refractivity (Wildman–Crippen MR) is 137 cm³/mol. The first-order chi connectivity index (χ1) is 17.0. The van der Waals surface area contributed by atoms with Crippen molar-refractivity contribution < 1.29 is 9.59 Å². The molecule has 1 aliphatic heterocycles. The van der Waals surface area contributed by atoms with E-state index in [2.05, 4.69) is 25.2 Å². The highest BCUT2D eigenvalue weighted by molar-refractivity contribution is 6.30. The Balaban J connectivity index is 1.31. The molecule has 0 bridgehead atoms. The molecule has 0 unspecified atom stereocenters. The lowest BCUT2D eigenvalue weighted by Gasteiger charge is -2.37. The van der Waals surface area contributed by atoms with E-state index in [0.29, 0.717) is 48.1 Å². The zero-order chi connectivity index (χ0) is 24.4. The molecule has 1 aliphatic rings. The minimum absolute atomic E-state index is 0.109. The summed E-state index contributed by atoms with van der Waals surface area (Å²) in [5.41, 5.74) is 3.76. The van der Waals surface area contributed by atoms with Crippen LogP contribution in [0.5, 0.6) is 0 Å². The molecule has 2 N–H and O–H groups in total. The number of piperazine rings is 1. The van der Waals surface area contributed by atoms with Crippen LogP contribution in [0, 0.1) is 0 Å². The number of pyridine rings is 2. The van der Waals surface area contributed by atoms with E-state index in [4.69, 9.17) is 11.6 Å². The number of nitrogens with zero attached hydrogens (tertiary/aromatic N) is 4. The molecule has 178 valence electrons. The summed E-state index contributed by atoms with van der Waals surface area (Å²) >= 11 is 5.99. The number of H-pyrrole nitrogens is 1. The van der Waals surface area contributed by atoms with Crippen molar-refractivity contribution in [2.24, 2.45) is 0 Å². The number of nitrogens with one attached hydrogen (secondary N) is 2. The second-order valence-electron chi connectivity index (χ2n) is 8.54. The monoisotopic (exact) mass is 488 g/mol. The van der Waals surface area contributed by atoms with E-state index in [9.17, 15) is 9.59 Å². The first-order valence-electron chi connectivity index (χ1n) is 11.5. The van der Waals surface area contributed by atoms with Gasteiger partial charge in [-0.25, -0.2) is 4.98 Å². The Morgan fingerprint density at radius 3 is 2.54 bits per heavy atom. The third-order valence-corrected chi connectivity index (χ3v) is 6.65. The number of aromatic amines is 1. The van der Waals surface area contributed by atoms with Crippen molar-refractivity contribution in [2.45, 2.75) is 12.8 Å². The van der Waals surface area contributed by atoms with Gasteiger partial charge in [-0.05, 0) is 42.8 Å². The Labute approximate surface area is 207 Å². The maximum absolute atomic E-state index is 13.1. The van der Waals surface area contributed by atoms with Gasteiger partial charge in [-0.15, -0.1) is 0 Å². The summed E-state index contributed by atoms with van der Waals surface area (Å²) in [6, 6.07) is 12.8. The van der Waals surface area contributed by atoms with Crippen molar-refractivity contribution in [3.8, 4) is 0 Å². The molecule has 3 aromatic heterocycles. The van der Waals surface area contributed by atoms with Crippen LogP contribution in [0.3, 0.4) is 0 Å². The van der Waals surface area contributed by atoms with Gasteiger partial charge in [0.15, 0.2) is 0 Å². The van der Waals surface area contributed by atoms with E-state index in [0.717, 1.165) is 16.6 Å². The molecule has 1 saturated heterocycles. The van der Waals surface area contributed by atoms with Crippen molar-refractivity contribution in [1.82, 2.24) is 19.9 Å². The summed E-state index contributed by atoms with van der Waals surface area (Å²) in [6.07, 6.45) is 6.67. The molecule has 1 aromatic carbocycles. The van der Waals surface area contributed by atoms with Gasteiger partial charge in [0.25, 0.3) is 5.91 Å². The highest BCUT2D eigenvalue weighted by Gasteiger charge is 2.27. The topological polar surface area (TPSA) is 94.2 Å². The van der Waals surface area contributed by atoms with Crippen molar-refractivity contribution in [1.29, 1.82) is 0 Å². The molecule has 0 spiro atoms. The van der Waals surface area contributed by atoms with E-state index in [1.807, 2.05) is 42.2 Å². The Kier molecular flexibility index (Phi) is 6.37. The normalized spacial score (nSPS) is 14.7. The molecular weight excluding hydrogens is 464 g/mol. The van der Waals surface area contributed by atoms with E-state index < -0.39 is 0 Å². The molecule has 1 fully saturated rings. The number of anilines is 2. The summed E-state index contributed by atoms with van der Waals surface area (Å²) in [6.45, 7) is 4.52. The summed E-state index contributed by atoms with van der Waals surface area (Å²) < 4.78 is 0. The van der Waals surface area contributed by atoms with Crippen LogP contribution in [0.1, 0.15) is 28.8 Å². The average molecular weight is 489 g/mol. The Hall–Kier alpha value is -3.91. The van der Waals surface area contributed by atoms with Gasteiger partial charge in [0.2, 0.25) is 5.91 Å². The van der Waals surface area contributed by atoms with Crippen LogP contribution in [0.25, 0.3) is 11.0 Å². The fourth-order valence-electron chi connectivity index (χ4n) is 4.43. The summed E-state index contributed by atoms with van der Waals surface area (Å²) in [7, 11) is 0. The van der Waals surface area contributed by atoms with Crippen LogP contribution in [0.4, 0.5) is 11.4 Å². The van der Waals surface area contributed by atoms with E-state index >= 15 is 0 Å². The average Bonchev–Trinajstić information content (AvgIpc) is 3.32. The van der Waals surface area contributed by atoms with Crippen molar-refractivity contribution in [3.05, 3.63) is 83.4 Å². The second-order valence-corrected chi connectivity index (χ2v) is 8.97. The Morgan fingerprint density at radius 2 is 1.83 bits per heavy atom. The van der Waals surface area contributed by atoms with Crippen LogP contribution in [0.15, 0.2) is 67.3 Å². The minimum atomic E-state index is -0.236. The molecule has 4 heterocycles. The van der Waals surface area contributed by atoms with Gasteiger partial charge in [0.1, 0.15) is 5.65 Å². The highest BCUT2D eigenvalue weighted by atomic mass is 35.5. The Morgan fingerprint density at radius 1 is 1.06 bits per heavy atom.